The lowest BCUT2D eigenvalue weighted by Gasteiger charge is -2.35. The molecule has 2 fully saturated rings. The predicted molar refractivity (Wildman–Crippen MR) is 114 cm³/mol. The summed E-state index contributed by atoms with van der Waals surface area (Å²) in [7, 11) is 1.58. The van der Waals surface area contributed by atoms with Crippen LogP contribution in [0.1, 0.15) is 31.0 Å². The number of nitrogens with zero attached hydrogens (tertiary/aromatic N) is 5. The Balaban J connectivity index is 1.24. The Kier molecular flexibility index (Phi) is 5.31. The molecule has 0 bridgehead atoms. The van der Waals surface area contributed by atoms with E-state index in [2.05, 4.69) is 15.0 Å². The van der Waals surface area contributed by atoms with Gasteiger partial charge in [0, 0.05) is 38.3 Å². The standard InChI is InChI=1S/C23H27N5O3/c1-31-23-19(25-17-4-2-3-5-18(17)26-23)6-7-22(30)28-12-15-10-20(27-9-8-24-14-27)21(29)11-16(15)13-28/h2-5,8-9,14-16,20-21,29H,6-7,10-13H2,1H3/t15-,16+,20-,21-/m1/s1. The minimum atomic E-state index is -0.400. The number of para-hydroxylation sites is 2. The summed E-state index contributed by atoms with van der Waals surface area (Å²) in [6.07, 6.45) is 7.48. The molecule has 3 aromatic rings. The van der Waals surface area contributed by atoms with Gasteiger partial charge in [-0.3, -0.25) is 4.79 Å². The number of ether oxygens (including phenoxy) is 1. The van der Waals surface area contributed by atoms with Crippen LogP contribution in [0.3, 0.4) is 0 Å². The number of hydrogen-bond donors (Lipinski definition) is 1. The molecule has 2 aliphatic rings. The van der Waals surface area contributed by atoms with E-state index in [9.17, 15) is 9.90 Å². The smallest absolute Gasteiger partial charge is 0.235 e. The van der Waals surface area contributed by atoms with Gasteiger partial charge in [0.25, 0.3) is 0 Å². The van der Waals surface area contributed by atoms with Gasteiger partial charge >= 0.3 is 0 Å². The molecule has 8 nitrogen and oxygen atoms in total. The number of aliphatic hydroxyl groups excluding tert-OH is 1. The molecule has 1 amide bonds. The molecular formula is C23H27N5O3. The third-order valence-corrected chi connectivity index (χ3v) is 6.74. The van der Waals surface area contributed by atoms with Gasteiger partial charge in [-0.2, -0.15) is 0 Å². The number of fused-ring (bicyclic) bond motifs is 2. The Labute approximate surface area is 180 Å². The van der Waals surface area contributed by atoms with E-state index in [0.29, 0.717) is 36.3 Å². The fourth-order valence-electron chi connectivity index (χ4n) is 5.13. The first-order chi connectivity index (χ1) is 15.1. The number of aromatic nitrogens is 4. The second-order valence-corrected chi connectivity index (χ2v) is 8.60. The first-order valence-electron chi connectivity index (χ1n) is 10.9. The van der Waals surface area contributed by atoms with Crippen LogP contribution >= 0.6 is 0 Å². The molecule has 3 heterocycles. The lowest BCUT2D eigenvalue weighted by atomic mass is 9.77. The van der Waals surface area contributed by atoms with E-state index in [-0.39, 0.29) is 11.9 Å². The zero-order chi connectivity index (χ0) is 21.4. The van der Waals surface area contributed by atoms with Gasteiger partial charge in [0.05, 0.1) is 36.6 Å². The van der Waals surface area contributed by atoms with E-state index in [1.54, 1.807) is 19.6 Å². The van der Waals surface area contributed by atoms with Crippen LogP contribution in [0.25, 0.3) is 11.0 Å². The summed E-state index contributed by atoms with van der Waals surface area (Å²) in [4.78, 5) is 28.2. The molecule has 31 heavy (non-hydrogen) atoms. The summed E-state index contributed by atoms with van der Waals surface area (Å²) in [5, 5.41) is 10.6. The first kappa shape index (κ1) is 19.9. The van der Waals surface area contributed by atoms with Gasteiger partial charge < -0.3 is 19.3 Å². The van der Waals surface area contributed by atoms with Crippen molar-refractivity contribution in [3.05, 3.63) is 48.7 Å². The van der Waals surface area contributed by atoms with Gasteiger partial charge in [-0.1, -0.05) is 12.1 Å². The summed E-state index contributed by atoms with van der Waals surface area (Å²) >= 11 is 0. The molecule has 5 rings (SSSR count). The number of imidazole rings is 1. The minimum absolute atomic E-state index is 0.0379. The summed E-state index contributed by atoms with van der Waals surface area (Å²) in [6.45, 7) is 1.47. The van der Waals surface area contributed by atoms with Gasteiger partial charge in [0.1, 0.15) is 5.69 Å². The average Bonchev–Trinajstić information content (AvgIpc) is 3.46. The van der Waals surface area contributed by atoms with E-state index < -0.39 is 6.10 Å². The van der Waals surface area contributed by atoms with E-state index in [0.717, 1.165) is 37.0 Å². The van der Waals surface area contributed by atoms with Crippen molar-refractivity contribution in [2.45, 2.75) is 37.8 Å². The Morgan fingerprint density at radius 3 is 2.61 bits per heavy atom. The van der Waals surface area contributed by atoms with Crippen molar-refractivity contribution in [1.82, 2.24) is 24.4 Å². The molecule has 1 saturated carbocycles. The topological polar surface area (TPSA) is 93.4 Å². The van der Waals surface area contributed by atoms with Crippen LogP contribution in [0.5, 0.6) is 5.88 Å². The third kappa shape index (κ3) is 3.87. The lowest BCUT2D eigenvalue weighted by molar-refractivity contribution is -0.130. The monoisotopic (exact) mass is 421 g/mol. The van der Waals surface area contributed by atoms with Crippen LogP contribution in [-0.4, -0.2) is 61.7 Å². The van der Waals surface area contributed by atoms with Crippen molar-refractivity contribution >= 4 is 16.9 Å². The highest BCUT2D eigenvalue weighted by Crippen LogP contribution is 2.41. The number of likely N-dealkylation sites (tertiary alicyclic amines) is 1. The maximum atomic E-state index is 13.0. The zero-order valence-electron chi connectivity index (χ0n) is 17.6. The maximum absolute atomic E-state index is 13.0. The van der Waals surface area contributed by atoms with Gasteiger partial charge in [-0.25, -0.2) is 15.0 Å². The lowest BCUT2D eigenvalue weighted by Crippen LogP contribution is -2.35. The van der Waals surface area contributed by atoms with E-state index in [1.165, 1.54) is 0 Å². The van der Waals surface area contributed by atoms with Crippen LogP contribution < -0.4 is 4.74 Å². The van der Waals surface area contributed by atoms with Crippen molar-refractivity contribution in [2.24, 2.45) is 11.8 Å². The first-order valence-corrected chi connectivity index (χ1v) is 10.9. The largest absolute Gasteiger partial charge is 0.480 e. The van der Waals surface area contributed by atoms with Gasteiger partial charge in [0.2, 0.25) is 11.8 Å². The maximum Gasteiger partial charge on any atom is 0.235 e. The fourth-order valence-corrected chi connectivity index (χ4v) is 5.13. The molecule has 1 N–H and O–H groups in total. The predicted octanol–water partition coefficient (Wildman–Crippen LogP) is 2.24. The van der Waals surface area contributed by atoms with Crippen molar-refractivity contribution in [3.63, 3.8) is 0 Å². The highest BCUT2D eigenvalue weighted by atomic mass is 16.5. The number of rotatable bonds is 5. The number of methoxy groups -OCH3 is 1. The van der Waals surface area contributed by atoms with Crippen molar-refractivity contribution in [3.8, 4) is 5.88 Å². The number of carbonyl (C=O) groups excluding carboxylic acids is 1. The number of benzene rings is 1. The van der Waals surface area contributed by atoms with Crippen molar-refractivity contribution < 1.29 is 14.6 Å². The summed E-state index contributed by atoms with van der Waals surface area (Å²) in [6, 6.07) is 7.70. The summed E-state index contributed by atoms with van der Waals surface area (Å²) in [5.74, 6) is 1.37. The molecule has 0 radical (unpaired) electrons. The van der Waals surface area contributed by atoms with Crippen molar-refractivity contribution in [1.29, 1.82) is 0 Å². The van der Waals surface area contributed by atoms with E-state index in [4.69, 9.17) is 4.74 Å². The van der Waals surface area contributed by atoms with Gasteiger partial charge in [0.15, 0.2) is 0 Å². The highest BCUT2D eigenvalue weighted by molar-refractivity contribution is 5.77. The Bertz CT molecular complexity index is 1070. The molecule has 8 heteroatoms. The molecule has 1 aromatic carbocycles. The quantitative estimate of drug-likeness (QED) is 0.679. The molecule has 4 atom stereocenters. The normalized spacial score (nSPS) is 25.5. The SMILES string of the molecule is COc1nc2ccccc2nc1CCC(=O)N1C[C@H]2C[C@@H](n3ccnc3)[C@H](O)C[C@H]2C1. The van der Waals surface area contributed by atoms with E-state index >= 15 is 0 Å². The Morgan fingerprint density at radius 1 is 1.16 bits per heavy atom. The number of amides is 1. The second kappa shape index (κ2) is 8.26. The number of aliphatic hydroxyl groups is 1. The molecule has 1 saturated heterocycles. The highest BCUT2D eigenvalue weighted by Gasteiger charge is 2.43. The van der Waals surface area contributed by atoms with Crippen LogP contribution in [-0.2, 0) is 11.2 Å². The molecule has 0 spiro atoms. The van der Waals surface area contributed by atoms with Crippen molar-refractivity contribution in [2.75, 3.05) is 20.2 Å². The average molecular weight is 422 g/mol. The molecule has 0 unspecified atom stereocenters. The van der Waals surface area contributed by atoms with Crippen LogP contribution in [0.15, 0.2) is 43.0 Å². The minimum Gasteiger partial charge on any atom is -0.480 e. The Morgan fingerprint density at radius 2 is 1.90 bits per heavy atom. The summed E-state index contributed by atoms with van der Waals surface area (Å²) in [5.41, 5.74) is 2.29. The number of aryl methyl sites for hydroxylation is 1. The second-order valence-electron chi connectivity index (χ2n) is 8.60. The molecule has 1 aliphatic carbocycles. The third-order valence-electron chi connectivity index (χ3n) is 6.74. The molecule has 2 aromatic heterocycles. The van der Waals surface area contributed by atoms with E-state index in [1.807, 2.05) is 39.9 Å². The van der Waals surface area contributed by atoms with Gasteiger partial charge in [-0.15, -0.1) is 0 Å². The summed E-state index contributed by atoms with van der Waals surface area (Å²) < 4.78 is 7.41. The van der Waals surface area contributed by atoms with Gasteiger partial charge in [-0.05, 0) is 36.8 Å². The Hall–Kier alpha value is -3.00. The fraction of sp³-hybridized carbons (Fsp3) is 0.478. The zero-order valence-corrected chi connectivity index (χ0v) is 17.6. The van der Waals surface area contributed by atoms with Crippen LogP contribution in [0, 0.1) is 11.8 Å². The van der Waals surface area contributed by atoms with Crippen LogP contribution in [0.4, 0.5) is 0 Å². The molecular weight excluding hydrogens is 394 g/mol. The molecule has 162 valence electrons. The van der Waals surface area contributed by atoms with Crippen LogP contribution in [0.2, 0.25) is 0 Å². The number of carbonyl (C=O) groups is 1. The molecule has 1 aliphatic heterocycles. The number of hydrogen-bond acceptors (Lipinski definition) is 6.